The Balaban J connectivity index is 2.65. The zero-order valence-corrected chi connectivity index (χ0v) is 10.7. The van der Waals surface area contributed by atoms with Crippen LogP contribution < -0.4 is 5.73 Å². The Morgan fingerprint density at radius 3 is 2.50 bits per heavy atom. The minimum atomic E-state index is -0.734. The van der Waals surface area contributed by atoms with Gasteiger partial charge in [-0.05, 0) is 0 Å². The van der Waals surface area contributed by atoms with E-state index in [1.807, 2.05) is 0 Å². The molecule has 1 aliphatic heterocycles. The number of carbonyl (C=O) groups excluding carboxylic acids is 3. The normalized spacial score (nSPS) is 19.8. The Bertz CT molecular complexity index is 345. The monoisotopic (exact) mass is 257 g/mol. The highest BCUT2D eigenvalue weighted by atomic mass is 16.5. The van der Waals surface area contributed by atoms with Gasteiger partial charge in [-0.25, -0.2) is 0 Å². The molecule has 0 radical (unpaired) electrons. The van der Waals surface area contributed by atoms with Crippen LogP contribution in [0.5, 0.6) is 0 Å². The number of hydrogen-bond donors (Lipinski definition) is 1. The van der Waals surface area contributed by atoms with Crippen LogP contribution in [0.3, 0.4) is 0 Å². The van der Waals surface area contributed by atoms with Gasteiger partial charge in [0.05, 0.1) is 19.6 Å². The molecule has 2 N–H and O–H groups in total. The Hall–Kier alpha value is -1.63. The van der Waals surface area contributed by atoms with Crippen molar-refractivity contribution in [3.8, 4) is 0 Å². The molecule has 1 aliphatic rings. The van der Waals surface area contributed by atoms with Gasteiger partial charge in [0.1, 0.15) is 6.04 Å². The average molecular weight is 257 g/mol. The Kier molecular flexibility index (Phi) is 5.08. The Morgan fingerprint density at radius 1 is 1.33 bits per heavy atom. The number of amides is 3. The standard InChI is InChI=1S/C11H19N3O4/c1-8(15)14-5-4-13(7-9(14)11(12)17)10(16)3-6-18-2/h9H,3-7H2,1-2H3,(H2,12,17). The fraction of sp³-hybridized carbons (Fsp3) is 0.727. The lowest BCUT2D eigenvalue weighted by Gasteiger charge is -2.39. The molecule has 1 unspecified atom stereocenters. The summed E-state index contributed by atoms with van der Waals surface area (Å²) in [4.78, 5) is 37.4. The highest BCUT2D eigenvalue weighted by Crippen LogP contribution is 2.11. The lowest BCUT2D eigenvalue weighted by Crippen LogP contribution is -2.60. The first-order valence-electron chi connectivity index (χ1n) is 5.80. The molecule has 1 saturated heterocycles. The van der Waals surface area contributed by atoms with E-state index in [0.29, 0.717) is 19.7 Å². The van der Waals surface area contributed by atoms with E-state index in [0.717, 1.165) is 0 Å². The Labute approximate surface area is 106 Å². The summed E-state index contributed by atoms with van der Waals surface area (Å²) in [7, 11) is 1.52. The van der Waals surface area contributed by atoms with Crippen LogP contribution in [0.1, 0.15) is 13.3 Å². The lowest BCUT2D eigenvalue weighted by atomic mass is 10.1. The molecular weight excluding hydrogens is 238 g/mol. The summed E-state index contributed by atoms with van der Waals surface area (Å²) in [6, 6.07) is -0.734. The smallest absolute Gasteiger partial charge is 0.242 e. The zero-order chi connectivity index (χ0) is 13.7. The molecule has 18 heavy (non-hydrogen) atoms. The molecule has 3 amide bonds. The molecule has 7 heteroatoms. The maximum atomic E-state index is 11.8. The summed E-state index contributed by atoms with van der Waals surface area (Å²) >= 11 is 0. The molecule has 0 spiro atoms. The predicted octanol–water partition coefficient (Wildman–Crippen LogP) is -1.43. The summed E-state index contributed by atoms with van der Waals surface area (Å²) in [5.41, 5.74) is 5.26. The van der Waals surface area contributed by atoms with Crippen LogP contribution in [0.2, 0.25) is 0 Å². The number of piperazine rings is 1. The van der Waals surface area contributed by atoms with Gasteiger partial charge < -0.3 is 20.3 Å². The molecule has 0 aromatic carbocycles. The minimum absolute atomic E-state index is 0.0914. The van der Waals surface area contributed by atoms with Crippen LogP contribution in [-0.4, -0.2) is 66.9 Å². The van der Waals surface area contributed by atoms with E-state index >= 15 is 0 Å². The highest BCUT2D eigenvalue weighted by molar-refractivity contribution is 5.87. The number of nitrogens with two attached hydrogens (primary N) is 1. The number of rotatable bonds is 4. The molecule has 1 rings (SSSR count). The van der Waals surface area contributed by atoms with E-state index in [1.165, 1.54) is 18.9 Å². The number of nitrogens with zero attached hydrogens (tertiary/aromatic N) is 2. The van der Waals surface area contributed by atoms with Gasteiger partial charge in [0.15, 0.2) is 0 Å². The number of ether oxygens (including phenoxy) is 1. The van der Waals surface area contributed by atoms with E-state index in [4.69, 9.17) is 10.5 Å². The van der Waals surface area contributed by atoms with Gasteiger partial charge in [-0.3, -0.25) is 14.4 Å². The van der Waals surface area contributed by atoms with Crippen molar-refractivity contribution in [2.24, 2.45) is 5.73 Å². The van der Waals surface area contributed by atoms with Gasteiger partial charge in [0, 0.05) is 27.1 Å². The first kappa shape index (κ1) is 14.4. The quantitative estimate of drug-likeness (QED) is 0.668. The molecule has 0 aromatic heterocycles. The van der Waals surface area contributed by atoms with Gasteiger partial charge in [-0.1, -0.05) is 0 Å². The highest BCUT2D eigenvalue weighted by Gasteiger charge is 2.34. The van der Waals surface area contributed by atoms with Crippen molar-refractivity contribution < 1.29 is 19.1 Å². The fourth-order valence-corrected chi connectivity index (χ4v) is 1.98. The van der Waals surface area contributed by atoms with Crippen molar-refractivity contribution in [2.45, 2.75) is 19.4 Å². The van der Waals surface area contributed by atoms with Crippen molar-refractivity contribution in [1.29, 1.82) is 0 Å². The van der Waals surface area contributed by atoms with E-state index in [9.17, 15) is 14.4 Å². The second-order valence-electron chi connectivity index (χ2n) is 4.21. The van der Waals surface area contributed by atoms with Crippen LogP contribution in [0, 0.1) is 0 Å². The van der Waals surface area contributed by atoms with E-state index in [2.05, 4.69) is 0 Å². The molecule has 1 fully saturated rings. The van der Waals surface area contributed by atoms with E-state index in [1.54, 1.807) is 4.90 Å². The third kappa shape index (κ3) is 3.43. The first-order valence-corrected chi connectivity index (χ1v) is 5.80. The maximum Gasteiger partial charge on any atom is 0.242 e. The SMILES string of the molecule is COCCC(=O)N1CCN(C(C)=O)C(C(N)=O)C1. The summed E-state index contributed by atoms with van der Waals surface area (Å²) in [6.45, 7) is 2.65. The second-order valence-corrected chi connectivity index (χ2v) is 4.21. The molecule has 1 heterocycles. The van der Waals surface area contributed by atoms with Crippen molar-refractivity contribution >= 4 is 17.7 Å². The summed E-state index contributed by atoms with van der Waals surface area (Å²) in [5.74, 6) is -0.886. The molecule has 0 bridgehead atoms. The molecule has 102 valence electrons. The van der Waals surface area contributed by atoms with Crippen molar-refractivity contribution in [3.63, 3.8) is 0 Å². The number of carbonyl (C=O) groups is 3. The van der Waals surface area contributed by atoms with Crippen molar-refractivity contribution in [1.82, 2.24) is 9.80 Å². The molecule has 0 saturated carbocycles. The van der Waals surface area contributed by atoms with Gasteiger partial charge in [0.25, 0.3) is 0 Å². The number of hydrogen-bond acceptors (Lipinski definition) is 4. The van der Waals surface area contributed by atoms with E-state index in [-0.39, 0.29) is 24.8 Å². The van der Waals surface area contributed by atoms with Gasteiger partial charge >= 0.3 is 0 Å². The fourth-order valence-electron chi connectivity index (χ4n) is 1.98. The molecule has 1 atom stereocenters. The van der Waals surface area contributed by atoms with Crippen LogP contribution in [0.4, 0.5) is 0 Å². The second kappa shape index (κ2) is 6.34. The lowest BCUT2D eigenvalue weighted by molar-refractivity contribution is -0.146. The largest absolute Gasteiger partial charge is 0.384 e. The molecule has 0 aromatic rings. The van der Waals surface area contributed by atoms with Crippen LogP contribution in [-0.2, 0) is 19.1 Å². The van der Waals surface area contributed by atoms with Gasteiger partial charge in [-0.15, -0.1) is 0 Å². The third-order valence-electron chi connectivity index (χ3n) is 2.99. The van der Waals surface area contributed by atoms with Crippen molar-refractivity contribution in [3.05, 3.63) is 0 Å². The Morgan fingerprint density at radius 2 is 2.00 bits per heavy atom. The zero-order valence-electron chi connectivity index (χ0n) is 10.7. The van der Waals surface area contributed by atoms with Crippen molar-refractivity contribution in [2.75, 3.05) is 33.4 Å². The third-order valence-corrected chi connectivity index (χ3v) is 2.99. The van der Waals surface area contributed by atoms with Crippen LogP contribution in [0.15, 0.2) is 0 Å². The summed E-state index contributed by atoms with van der Waals surface area (Å²) in [5, 5.41) is 0. The topological polar surface area (TPSA) is 92.9 Å². The summed E-state index contributed by atoms with van der Waals surface area (Å²) in [6.07, 6.45) is 0.266. The number of primary amides is 1. The van der Waals surface area contributed by atoms with Gasteiger partial charge in [0.2, 0.25) is 17.7 Å². The minimum Gasteiger partial charge on any atom is -0.384 e. The van der Waals surface area contributed by atoms with E-state index < -0.39 is 11.9 Å². The molecular formula is C11H19N3O4. The maximum absolute atomic E-state index is 11.8. The average Bonchev–Trinajstić information content (AvgIpc) is 2.34. The van der Waals surface area contributed by atoms with Crippen LogP contribution >= 0.6 is 0 Å². The van der Waals surface area contributed by atoms with Crippen LogP contribution in [0.25, 0.3) is 0 Å². The number of methoxy groups -OCH3 is 1. The first-order chi connectivity index (χ1) is 8.47. The predicted molar refractivity (Wildman–Crippen MR) is 63.4 cm³/mol. The summed E-state index contributed by atoms with van der Waals surface area (Å²) < 4.78 is 4.83. The van der Waals surface area contributed by atoms with Gasteiger partial charge in [-0.2, -0.15) is 0 Å². The molecule has 7 nitrogen and oxygen atoms in total. The molecule has 0 aliphatic carbocycles.